The van der Waals surface area contributed by atoms with E-state index in [-0.39, 0.29) is 6.17 Å². The molecule has 3 aromatic carbocycles. The molecule has 32 heavy (non-hydrogen) atoms. The molecule has 0 unspecified atom stereocenters. The summed E-state index contributed by atoms with van der Waals surface area (Å²) in [5.74, 6) is 0.754. The molecule has 0 radical (unpaired) electrons. The van der Waals surface area contributed by atoms with Crippen molar-refractivity contribution in [3.05, 3.63) is 102 Å². The Kier molecular flexibility index (Phi) is 6.82. The van der Waals surface area contributed by atoms with Crippen LogP contribution in [0.1, 0.15) is 41.4 Å². The Hall–Kier alpha value is -3.64. The molecule has 1 heterocycles. The number of para-hydroxylation sites is 1. The highest BCUT2D eigenvalue weighted by atomic mass is 16.5. The third-order valence-corrected chi connectivity index (χ3v) is 6.02. The lowest BCUT2D eigenvalue weighted by Gasteiger charge is -2.47. The molecule has 0 spiro atoms. The number of methoxy groups -OCH3 is 1. The van der Waals surface area contributed by atoms with Crippen molar-refractivity contribution in [3.63, 3.8) is 0 Å². The van der Waals surface area contributed by atoms with E-state index in [9.17, 15) is 10.5 Å². The van der Waals surface area contributed by atoms with Crippen molar-refractivity contribution >= 4 is 0 Å². The van der Waals surface area contributed by atoms with Gasteiger partial charge >= 0.3 is 0 Å². The fraction of sp³-hybridized carbons (Fsp3) is 0.259. The van der Waals surface area contributed by atoms with Gasteiger partial charge in [0.05, 0.1) is 25.4 Å². The van der Waals surface area contributed by atoms with Crippen molar-refractivity contribution in [3.8, 4) is 17.9 Å². The van der Waals surface area contributed by atoms with Crippen LogP contribution >= 0.6 is 0 Å². The lowest BCUT2D eigenvalue weighted by molar-refractivity contribution is -0.0297. The van der Waals surface area contributed by atoms with Crippen molar-refractivity contribution in [1.29, 1.82) is 10.5 Å². The first-order chi connectivity index (χ1) is 15.8. The lowest BCUT2D eigenvalue weighted by Crippen LogP contribution is -2.50. The number of nitrogens with zero attached hydrogens (tertiary/aromatic N) is 4. The molecule has 1 saturated heterocycles. The van der Waals surface area contributed by atoms with Gasteiger partial charge in [-0.15, -0.1) is 0 Å². The molecule has 0 N–H and O–H groups in total. The molecule has 4 rings (SSSR count). The van der Waals surface area contributed by atoms with E-state index in [0.29, 0.717) is 0 Å². The van der Waals surface area contributed by atoms with Crippen LogP contribution in [0, 0.1) is 22.7 Å². The monoisotopic (exact) mass is 422 g/mol. The van der Waals surface area contributed by atoms with Gasteiger partial charge in [-0.25, -0.2) is 0 Å². The van der Waals surface area contributed by atoms with Crippen LogP contribution in [-0.4, -0.2) is 30.0 Å². The van der Waals surface area contributed by atoms with Crippen molar-refractivity contribution in [1.82, 2.24) is 9.80 Å². The number of ether oxygens (including phenoxy) is 1. The molecule has 3 aromatic rings. The van der Waals surface area contributed by atoms with E-state index in [4.69, 9.17) is 4.74 Å². The summed E-state index contributed by atoms with van der Waals surface area (Å²) >= 11 is 0. The summed E-state index contributed by atoms with van der Waals surface area (Å²) in [6.07, 6.45) is 0.580. The number of hydrogen-bond acceptors (Lipinski definition) is 5. The molecule has 160 valence electrons. The average Bonchev–Trinajstić information content (AvgIpc) is 2.86. The maximum Gasteiger partial charge on any atom is 0.125 e. The minimum absolute atomic E-state index is 0.283. The number of hydrogen-bond donors (Lipinski definition) is 0. The lowest BCUT2D eigenvalue weighted by atomic mass is 9.96. The van der Waals surface area contributed by atoms with Gasteiger partial charge in [-0.3, -0.25) is 9.80 Å². The van der Waals surface area contributed by atoms with Crippen molar-refractivity contribution in [2.75, 3.05) is 20.2 Å². The van der Waals surface area contributed by atoms with E-state index in [1.165, 1.54) is 0 Å². The summed E-state index contributed by atoms with van der Waals surface area (Å²) in [6.45, 7) is 1.50. The minimum atomic E-state index is -0.441. The molecule has 0 aliphatic carbocycles. The third kappa shape index (κ3) is 4.22. The zero-order valence-corrected chi connectivity index (χ0v) is 18.1. The molecule has 0 bridgehead atoms. The van der Waals surface area contributed by atoms with Gasteiger partial charge in [-0.05, 0) is 23.6 Å². The van der Waals surface area contributed by atoms with Crippen LogP contribution < -0.4 is 4.74 Å². The van der Waals surface area contributed by atoms with Gasteiger partial charge in [0.25, 0.3) is 0 Å². The largest absolute Gasteiger partial charge is 0.496 e. The van der Waals surface area contributed by atoms with Gasteiger partial charge in [0, 0.05) is 18.7 Å². The summed E-state index contributed by atoms with van der Waals surface area (Å²) in [5, 5.41) is 20.4. The molecular weight excluding hydrogens is 396 g/mol. The second kappa shape index (κ2) is 10.1. The number of nitriles is 2. The van der Waals surface area contributed by atoms with Gasteiger partial charge < -0.3 is 4.74 Å². The fourth-order valence-electron chi connectivity index (χ4n) is 4.60. The van der Waals surface area contributed by atoms with Crippen molar-refractivity contribution in [2.45, 2.75) is 24.7 Å². The van der Waals surface area contributed by atoms with E-state index in [0.717, 1.165) is 42.0 Å². The maximum absolute atomic E-state index is 10.2. The average molecular weight is 423 g/mol. The van der Waals surface area contributed by atoms with E-state index < -0.39 is 12.1 Å². The molecular formula is C27H26N4O. The molecule has 0 saturated carbocycles. The first-order valence-electron chi connectivity index (χ1n) is 10.8. The maximum atomic E-state index is 10.2. The van der Waals surface area contributed by atoms with Crippen LogP contribution in [0.2, 0.25) is 0 Å². The topological polar surface area (TPSA) is 63.3 Å². The van der Waals surface area contributed by atoms with E-state index in [1.54, 1.807) is 7.11 Å². The summed E-state index contributed by atoms with van der Waals surface area (Å²) in [7, 11) is 1.66. The van der Waals surface area contributed by atoms with Crippen LogP contribution in [0.15, 0.2) is 84.9 Å². The fourth-order valence-corrected chi connectivity index (χ4v) is 4.60. The highest BCUT2D eigenvalue weighted by molar-refractivity contribution is 5.38. The van der Waals surface area contributed by atoms with Crippen LogP contribution in [0.5, 0.6) is 5.75 Å². The Balaban J connectivity index is 1.84. The minimum Gasteiger partial charge on any atom is -0.496 e. The van der Waals surface area contributed by atoms with Crippen molar-refractivity contribution in [2.24, 2.45) is 0 Å². The van der Waals surface area contributed by atoms with Gasteiger partial charge in [0.2, 0.25) is 0 Å². The van der Waals surface area contributed by atoms with Gasteiger partial charge in [0.1, 0.15) is 17.8 Å². The predicted molar refractivity (Wildman–Crippen MR) is 123 cm³/mol. The molecule has 1 aliphatic rings. The van der Waals surface area contributed by atoms with Crippen LogP contribution in [0.3, 0.4) is 0 Å². The number of rotatable bonds is 6. The summed E-state index contributed by atoms with van der Waals surface area (Å²) in [6, 6.07) is 31.8. The first-order valence-corrected chi connectivity index (χ1v) is 10.8. The molecule has 2 atom stereocenters. The van der Waals surface area contributed by atoms with Crippen LogP contribution in [0.25, 0.3) is 0 Å². The summed E-state index contributed by atoms with van der Waals surface area (Å²) in [5.41, 5.74) is 2.86. The molecule has 5 heteroatoms. The molecule has 0 amide bonds. The van der Waals surface area contributed by atoms with E-state index in [2.05, 4.69) is 21.9 Å². The summed E-state index contributed by atoms with van der Waals surface area (Å²) in [4.78, 5) is 4.40. The Morgan fingerprint density at radius 3 is 1.69 bits per heavy atom. The Morgan fingerprint density at radius 2 is 1.22 bits per heavy atom. The Labute approximate surface area is 189 Å². The standard InChI is InChI=1S/C27H26N4O/c1-32-26-16-9-8-15-23(26)27-30(24(19-28)21-11-4-2-5-12-21)17-10-18-31(27)25(20-29)22-13-6-3-7-14-22/h2-9,11-16,24-25,27H,10,17-18H2,1H3/t24-,25-/m0/s1. The quantitative estimate of drug-likeness (QED) is 0.544. The smallest absolute Gasteiger partial charge is 0.125 e. The van der Waals surface area contributed by atoms with E-state index in [1.807, 2.05) is 84.9 Å². The molecule has 0 aromatic heterocycles. The Bertz CT molecular complexity index is 1040. The van der Waals surface area contributed by atoms with Crippen molar-refractivity contribution < 1.29 is 4.74 Å². The van der Waals surface area contributed by atoms with Gasteiger partial charge in [-0.1, -0.05) is 78.9 Å². The SMILES string of the molecule is COc1ccccc1C1N([C@@H](C#N)c2ccccc2)CCCN1[C@@H](C#N)c1ccccc1. The predicted octanol–water partition coefficient (Wildman–Crippen LogP) is 5.23. The molecule has 1 fully saturated rings. The number of benzene rings is 3. The highest BCUT2D eigenvalue weighted by Crippen LogP contribution is 2.43. The highest BCUT2D eigenvalue weighted by Gasteiger charge is 2.40. The second-order valence-electron chi connectivity index (χ2n) is 7.83. The van der Waals surface area contributed by atoms with Gasteiger partial charge in [-0.2, -0.15) is 10.5 Å². The second-order valence-corrected chi connectivity index (χ2v) is 7.83. The normalized spacial score (nSPS) is 17.1. The summed E-state index contributed by atoms with van der Waals surface area (Å²) < 4.78 is 5.71. The van der Waals surface area contributed by atoms with E-state index >= 15 is 0 Å². The van der Waals surface area contributed by atoms with Gasteiger partial charge in [0.15, 0.2) is 0 Å². The first kappa shape index (κ1) is 21.6. The van der Waals surface area contributed by atoms with Crippen LogP contribution in [-0.2, 0) is 0 Å². The molecule has 1 aliphatic heterocycles. The molecule has 5 nitrogen and oxygen atoms in total. The van der Waals surface area contributed by atoms with Crippen LogP contribution in [0.4, 0.5) is 0 Å². The zero-order chi connectivity index (χ0) is 22.3. The Morgan fingerprint density at radius 1 is 0.750 bits per heavy atom. The zero-order valence-electron chi connectivity index (χ0n) is 18.1. The third-order valence-electron chi connectivity index (χ3n) is 6.02.